The molecule has 0 heterocycles. The smallest absolute Gasteiger partial charge is 0.334 e. The number of rotatable bonds is 9. The molecule has 0 spiro atoms. The Balaban J connectivity index is 2.09. The van der Waals surface area contributed by atoms with Crippen LogP contribution in [-0.2, 0) is 20.8 Å². The number of hydrogen-bond donors (Lipinski definition) is 2. The van der Waals surface area contributed by atoms with Crippen LogP contribution in [0.2, 0.25) is 0 Å². The summed E-state index contributed by atoms with van der Waals surface area (Å²) in [4.78, 5) is 45.2. The monoisotopic (exact) mass is 386 g/mol. The molecule has 0 aliphatic rings. The predicted octanol–water partition coefficient (Wildman–Crippen LogP) is 2.09. The molecule has 0 bridgehead atoms. The highest BCUT2D eigenvalue weighted by Crippen LogP contribution is 2.18. The maximum absolute atomic E-state index is 12.5. The number of carboxylic acids is 1. The fourth-order valence-corrected chi connectivity index (χ4v) is 2.35. The molecule has 146 valence electrons. The fraction of sp³-hybridized carbons (Fsp3) is 0.211. The summed E-state index contributed by atoms with van der Waals surface area (Å²) in [5, 5.41) is 21.8. The minimum absolute atomic E-state index is 0.0912. The number of carboxylic acid groups (broad SMARTS) is 1. The molecule has 0 unspecified atom stereocenters. The maximum Gasteiger partial charge on any atom is 0.334 e. The molecule has 0 saturated heterocycles. The topological polar surface area (TPSA) is 136 Å². The van der Waals surface area contributed by atoms with Gasteiger partial charge in [-0.15, -0.1) is 0 Å². The van der Waals surface area contributed by atoms with Gasteiger partial charge in [-0.1, -0.05) is 30.3 Å². The lowest BCUT2D eigenvalue weighted by Crippen LogP contribution is -2.44. The molecule has 2 aromatic rings. The Bertz CT molecular complexity index is 850. The van der Waals surface area contributed by atoms with Crippen molar-refractivity contribution < 1.29 is 29.2 Å². The summed E-state index contributed by atoms with van der Waals surface area (Å²) in [6.45, 7) is 0. The summed E-state index contributed by atoms with van der Waals surface area (Å²) in [6.07, 6.45) is -0.488. The van der Waals surface area contributed by atoms with Crippen molar-refractivity contribution in [3.05, 3.63) is 70.3 Å². The minimum Gasteiger partial charge on any atom is -0.481 e. The Labute approximate surface area is 160 Å². The van der Waals surface area contributed by atoms with E-state index in [1.165, 1.54) is 24.3 Å². The van der Waals surface area contributed by atoms with E-state index in [0.29, 0.717) is 0 Å². The van der Waals surface area contributed by atoms with Crippen LogP contribution in [0.15, 0.2) is 54.6 Å². The van der Waals surface area contributed by atoms with Crippen LogP contribution in [0.1, 0.15) is 18.4 Å². The second-order valence-corrected chi connectivity index (χ2v) is 5.88. The first-order valence-corrected chi connectivity index (χ1v) is 8.36. The number of nitro groups is 1. The predicted molar refractivity (Wildman–Crippen MR) is 97.7 cm³/mol. The highest BCUT2D eigenvalue weighted by molar-refractivity contribution is 5.87. The average molecular weight is 386 g/mol. The summed E-state index contributed by atoms with van der Waals surface area (Å²) < 4.78 is 5.22. The van der Waals surface area contributed by atoms with Crippen LogP contribution in [0.4, 0.5) is 5.69 Å². The van der Waals surface area contributed by atoms with Crippen molar-refractivity contribution in [2.75, 3.05) is 0 Å². The lowest BCUT2D eigenvalue weighted by molar-refractivity contribution is -0.384. The molecule has 0 aromatic heterocycles. The number of non-ortho nitro benzene ring substituents is 1. The van der Waals surface area contributed by atoms with Crippen molar-refractivity contribution in [3.63, 3.8) is 0 Å². The van der Waals surface area contributed by atoms with Crippen molar-refractivity contribution in [1.82, 2.24) is 5.32 Å². The summed E-state index contributed by atoms with van der Waals surface area (Å²) in [5.74, 6) is -2.39. The molecule has 0 aliphatic carbocycles. The number of nitrogens with one attached hydrogen (secondary N) is 1. The number of amides is 1. The third kappa shape index (κ3) is 6.52. The number of benzene rings is 2. The molecule has 2 rings (SSSR count). The second kappa shape index (κ2) is 9.81. The zero-order chi connectivity index (χ0) is 20.5. The molecule has 0 aliphatic heterocycles. The number of carbonyl (C=O) groups is 3. The number of carbonyl (C=O) groups excluding carboxylic acids is 2. The first-order chi connectivity index (χ1) is 13.3. The van der Waals surface area contributed by atoms with E-state index < -0.39 is 28.8 Å². The van der Waals surface area contributed by atoms with Gasteiger partial charge in [-0.3, -0.25) is 19.7 Å². The van der Waals surface area contributed by atoms with E-state index in [1.807, 2.05) is 0 Å². The van der Waals surface area contributed by atoms with Gasteiger partial charge in [-0.25, -0.2) is 4.79 Å². The Kier molecular flexibility index (Phi) is 7.21. The number of hydrogen-bond acceptors (Lipinski definition) is 6. The third-order valence-electron chi connectivity index (χ3n) is 3.73. The molecule has 9 nitrogen and oxygen atoms in total. The average Bonchev–Trinajstić information content (AvgIpc) is 2.67. The van der Waals surface area contributed by atoms with E-state index in [-0.39, 0.29) is 30.7 Å². The van der Waals surface area contributed by atoms with Gasteiger partial charge in [0, 0.05) is 25.0 Å². The normalized spacial score (nSPS) is 11.3. The van der Waals surface area contributed by atoms with Crippen molar-refractivity contribution in [2.45, 2.75) is 25.3 Å². The molecule has 0 fully saturated rings. The van der Waals surface area contributed by atoms with Crippen LogP contribution >= 0.6 is 0 Å². The highest BCUT2D eigenvalue weighted by atomic mass is 16.6. The number of esters is 1. The highest BCUT2D eigenvalue weighted by Gasteiger charge is 2.24. The van der Waals surface area contributed by atoms with Crippen LogP contribution in [0, 0.1) is 10.1 Å². The molecule has 0 radical (unpaired) electrons. The van der Waals surface area contributed by atoms with Gasteiger partial charge in [0.15, 0.2) is 0 Å². The van der Waals surface area contributed by atoms with Gasteiger partial charge in [0.05, 0.1) is 11.3 Å². The van der Waals surface area contributed by atoms with Gasteiger partial charge in [0.25, 0.3) is 5.69 Å². The summed E-state index contributed by atoms with van der Waals surface area (Å²) >= 11 is 0. The first kappa shape index (κ1) is 20.6. The largest absolute Gasteiger partial charge is 0.481 e. The summed E-state index contributed by atoms with van der Waals surface area (Å²) in [6, 6.07) is 12.8. The molecule has 0 saturated carbocycles. The molecule has 2 N–H and O–H groups in total. The van der Waals surface area contributed by atoms with Gasteiger partial charge >= 0.3 is 11.9 Å². The zero-order valence-corrected chi connectivity index (χ0v) is 14.7. The molecular formula is C19H18N2O7. The third-order valence-corrected chi connectivity index (χ3v) is 3.73. The minimum atomic E-state index is -1.12. The van der Waals surface area contributed by atoms with Crippen LogP contribution in [0.5, 0.6) is 5.75 Å². The standard InChI is InChI=1S/C19H18N2O7/c22-17(10-11-18(23)24)20-16(12-13-4-2-1-3-5-13)19(25)28-15-8-6-14(7-9-15)21(26)27/h1-9,16H,10-12H2,(H,20,22)(H,23,24)/t16-/m0/s1. The van der Waals surface area contributed by atoms with Crippen LogP contribution in [0.25, 0.3) is 0 Å². The van der Waals surface area contributed by atoms with Gasteiger partial charge in [-0.2, -0.15) is 0 Å². The Morgan fingerprint density at radius 1 is 1.04 bits per heavy atom. The Morgan fingerprint density at radius 3 is 2.25 bits per heavy atom. The lowest BCUT2D eigenvalue weighted by atomic mass is 10.1. The van der Waals surface area contributed by atoms with E-state index in [9.17, 15) is 24.5 Å². The maximum atomic E-state index is 12.5. The van der Waals surface area contributed by atoms with E-state index >= 15 is 0 Å². The fourth-order valence-electron chi connectivity index (χ4n) is 2.35. The van der Waals surface area contributed by atoms with E-state index in [2.05, 4.69) is 5.32 Å². The lowest BCUT2D eigenvalue weighted by Gasteiger charge is -2.17. The van der Waals surface area contributed by atoms with Crippen LogP contribution in [0.3, 0.4) is 0 Å². The molecular weight excluding hydrogens is 368 g/mol. The van der Waals surface area contributed by atoms with Gasteiger partial charge in [0.2, 0.25) is 5.91 Å². The molecule has 28 heavy (non-hydrogen) atoms. The van der Waals surface area contributed by atoms with E-state index in [4.69, 9.17) is 9.84 Å². The van der Waals surface area contributed by atoms with Crippen molar-refractivity contribution in [1.29, 1.82) is 0 Å². The SMILES string of the molecule is O=C(O)CCC(=O)N[C@@H](Cc1ccccc1)C(=O)Oc1ccc([N+](=O)[O-])cc1. The van der Waals surface area contributed by atoms with Gasteiger partial charge in [0.1, 0.15) is 11.8 Å². The quantitative estimate of drug-likeness (QED) is 0.291. The molecule has 1 atom stereocenters. The zero-order valence-electron chi connectivity index (χ0n) is 14.7. The summed E-state index contributed by atoms with van der Waals surface area (Å²) in [5.41, 5.74) is 0.620. The Hall–Kier alpha value is -3.75. The van der Waals surface area contributed by atoms with E-state index in [1.54, 1.807) is 30.3 Å². The number of nitrogens with zero attached hydrogens (tertiary/aromatic N) is 1. The van der Waals surface area contributed by atoms with Crippen molar-refractivity contribution >= 4 is 23.5 Å². The molecule has 9 heteroatoms. The van der Waals surface area contributed by atoms with E-state index in [0.717, 1.165) is 5.56 Å². The Morgan fingerprint density at radius 2 is 1.68 bits per heavy atom. The van der Waals surface area contributed by atoms with Crippen molar-refractivity contribution in [3.8, 4) is 5.75 Å². The van der Waals surface area contributed by atoms with Crippen LogP contribution < -0.4 is 10.1 Å². The van der Waals surface area contributed by atoms with Gasteiger partial charge in [-0.05, 0) is 17.7 Å². The second-order valence-electron chi connectivity index (χ2n) is 5.88. The first-order valence-electron chi connectivity index (χ1n) is 8.36. The number of aliphatic carboxylic acids is 1. The van der Waals surface area contributed by atoms with Crippen LogP contribution in [-0.4, -0.2) is 33.9 Å². The molecule has 2 aromatic carbocycles. The van der Waals surface area contributed by atoms with Crippen molar-refractivity contribution in [2.24, 2.45) is 0 Å². The van der Waals surface area contributed by atoms with Gasteiger partial charge < -0.3 is 15.2 Å². The summed E-state index contributed by atoms with van der Waals surface area (Å²) in [7, 11) is 0. The number of ether oxygens (including phenoxy) is 1. The molecule has 1 amide bonds. The number of nitro benzene ring substituents is 1.